The van der Waals surface area contributed by atoms with Gasteiger partial charge in [-0.05, 0) is 29.3 Å². The molecule has 0 radical (unpaired) electrons. The molecule has 4 aromatic heterocycles. The van der Waals surface area contributed by atoms with Gasteiger partial charge in [0.15, 0.2) is 0 Å². The van der Waals surface area contributed by atoms with Crippen molar-refractivity contribution in [3.63, 3.8) is 0 Å². The molecule has 7 heteroatoms. The first-order valence-corrected chi connectivity index (χ1v) is 8.36. The van der Waals surface area contributed by atoms with Gasteiger partial charge in [0.05, 0.1) is 19.5 Å². The normalized spacial score (nSPS) is 11.1. The maximum Gasteiger partial charge on any atom is 0.216 e. The second-order valence-electron chi connectivity index (χ2n) is 6.20. The number of halogens is 2. The van der Waals surface area contributed by atoms with Gasteiger partial charge in [-0.1, -0.05) is 6.07 Å². The third kappa shape index (κ3) is 3.62. The van der Waals surface area contributed by atoms with Crippen molar-refractivity contribution in [2.75, 3.05) is 7.11 Å². The van der Waals surface area contributed by atoms with Crippen LogP contribution in [0.2, 0.25) is 0 Å². The number of fused-ring (bicyclic) bond motifs is 1. The molecule has 4 aromatic rings. The number of methoxy groups -OCH3 is 1. The van der Waals surface area contributed by atoms with Crippen molar-refractivity contribution < 1.29 is 13.5 Å². The fourth-order valence-electron chi connectivity index (χ4n) is 2.99. The van der Waals surface area contributed by atoms with E-state index >= 15 is 0 Å². The number of nitrogens with one attached hydrogen (secondary N) is 1. The summed E-state index contributed by atoms with van der Waals surface area (Å²) in [5.41, 5.74) is 3.25. The van der Waals surface area contributed by atoms with E-state index in [0.717, 1.165) is 22.8 Å². The Morgan fingerprint density at radius 2 is 1.93 bits per heavy atom. The van der Waals surface area contributed by atoms with E-state index in [1.807, 2.05) is 12.3 Å². The molecule has 0 fully saturated rings. The lowest BCUT2D eigenvalue weighted by molar-refractivity contribution is 0.413. The van der Waals surface area contributed by atoms with E-state index in [1.165, 1.54) is 6.07 Å². The molecule has 0 unspecified atom stereocenters. The van der Waals surface area contributed by atoms with E-state index in [-0.39, 0.29) is 0 Å². The van der Waals surface area contributed by atoms with Crippen LogP contribution in [0.1, 0.15) is 22.4 Å². The number of aromatic amines is 1. The molecule has 0 spiro atoms. The Morgan fingerprint density at radius 1 is 1.04 bits per heavy atom. The Morgan fingerprint density at radius 3 is 2.70 bits per heavy atom. The van der Waals surface area contributed by atoms with Gasteiger partial charge in [0.1, 0.15) is 17.2 Å². The van der Waals surface area contributed by atoms with Gasteiger partial charge in [-0.25, -0.2) is 14.4 Å². The van der Waals surface area contributed by atoms with E-state index in [2.05, 4.69) is 19.9 Å². The van der Waals surface area contributed by atoms with Gasteiger partial charge in [-0.3, -0.25) is 4.98 Å². The zero-order chi connectivity index (χ0) is 18.8. The Labute approximate surface area is 154 Å². The highest BCUT2D eigenvalue weighted by Crippen LogP contribution is 2.24. The molecule has 4 heterocycles. The standard InChI is InChI=1S/C20H16F2N4O/c1-27-17-7-18-14(9-24-20(18)25-11-17)6-13-2-3-16(26-19(13)22)5-12-4-15(21)10-23-8-12/h2-4,7-11H,5-6H2,1H3,(H,24,25). The molecule has 5 nitrogen and oxygen atoms in total. The van der Waals surface area contributed by atoms with Crippen molar-refractivity contribution in [1.29, 1.82) is 0 Å². The van der Waals surface area contributed by atoms with Crippen molar-refractivity contribution in [2.45, 2.75) is 12.8 Å². The summed E-state index contributed by atoms with van der Waals surface area (Å²) >= 11 is 0. The number of hydrogen-bond acceptors (Lipinski definition) is 4. The van der Waals surface area contributed by atoms with Crippen LogP contribution in [0.25, 0.3) is 11.0 Å². The monoisotopic (exact) mass is 366 g/mol. The van der Waals surface area contributed by atoms with Crippen LogP contribution in [0.15, 0.2) is 49.1 Å². The third-order valence-corrected chi connectivity index (χ3v) is 4.34. The maximum absolute atomic E-state index is 14.5. The first-order valence-electron chi connectivity index (χ1n) is 8.36. The minimum atomic E-state index is -0.540. The minimum absolute atomic E-state index is 0.316. The summed E-state index contributed by atoms with van der Waals surface area (Å²) in [7, 11) is 1.58. The van der Waals surface area contributed by atoms with Crippen molar-refractivity contribution in [1.82, 2.24) is 19.9 Å². The average Bonchev–Trinajstić information content (AvgIpc) is 3.06. The zero-order valence-electron chi connectivity index (χ0n) is 14.5. The topological polar surface area (TPSA) is 63.7 Å². The SMILES string of the molecule is COc1cnc2[nH]cc(Cc3ccc(Cc4cncc(F)c4)nc3F)c2c1. The molecule has 1 N–H and O–H groups in total. The smallest absolute Gasteiger partial charge is 0.216 e. The Kier molecular flexibility index (Phi) is 4.50. The predicted octanol–water partition coefficient (Wildman–Crippen LogP) is 3.82. The summed E-state index contributed by atoms with van der Waals surface area (Å²) in [5, 5.41) is 0.878. The lowest BCUT2D eigenvalue weighted by Crippen LogP contribution is -2.01. The van der Waals surface area contributed by atoms with E-state index in [1.54, 1.807) is 31.6 Å². The Hall–Kier alpha value is -3.35. The number of ether oxygens (including phenoxy) is 1. The Balaban J connectivity index is 1.58. The quantitative estimate of drug-likeness (QED) is 0.546. The fourth-order valence-corrected chi connectivity index (χ4v) is 2.99. The van der Waals surface area contributed by atoms with Crippen LogP contribution in [-0.2, 0) is 12.8 Å². The predicted molar refractivity (Wildman–Crippen MR) is 96.6 cm³/mol. The van der Waals surface area contributed by atoms with E-state index in [9.17, 15) is 8.78 Å². The number of aromatic nitrogens is 4. The first kappa shape index (κ1) is 17.1. The molecule has 0 aliphatic rings. The summed E-state index contributed by atoms with van der Waals surface area (Å²) in [4.78, 5) is 15.2. The number of H-pyrrole nitrogens is 1. The van der Waals surface area contributed by atoms with Gasteiger partial charge in [-0.2, -0.15) is 4.39 Å². The third-order valence-electron chi connectivity index (χ3n) is 4.34. The van der Waals surface area contributed by atoms with E-state index in [4.69, 9.17) is 4.74 Å². The summed E-state index contributed by atoms with van der Waals surface area (Å²) in [6.45, 7) is 0. The lowest BCUT2D eigenvalue weighted by atomic mass is 10.0. The summed E-state index contributed by atoms with van der Waals surface area (Å²) < 4.78 is 33.0. The van der Waals surface area contributed by atoms with Gasteiger partial charge in [0, 0.05) is 41.9 Å². The molecule has 4 rings (SSSR count). The molecule has 0 saturated carbocycles. The van der Waals surface area contributed by atoms with Gasteiger partial charge in [0.25, 0.3) is 0 Å². The Bertz CT molecular complexity index is 1110. The van der Waals surface area contributed by atoms with Gasteiger partial charge >= 0.3 is 0 Å². The molecule has 0 saturated heterocycles. The molecule has 27 heavy (non-hydrogen) atoms. The molecule has 0 amide bonds. The zero-order valence-corrected chi connectivity index (χ0v) is 14.5. The molecule has 0 aliphatic carbocycles. The number of pyridine rings is 3. The summed E-state index contributed by atoms with van der Waals surface area (Å²) in [6.07, 6.45) is 6.80. The van der Waals surface area contributed by atoms with Gasteiger partial charge in [-0.15, -0.1) is 0 Å². The van der Waals surface area contributed by atoms with Gasteiger partial charge < -0.3 is 9.72 Å². The van der Waals surface area contributed by atoms with E-state index in [0.29, 0.717) is 35.4 Å². The number of rotatable bonds is 5. The molecular weight excluding hydrogens is 350 g/mol. The number of hydrogen-bond donors (Lipinski definition) is 1. The van der Waals surface area contributed by atoms with Crippen LogP contribution in [0.5, 0.6) is 5.75 Å². The maximum atomic E-state index is 14.5. The lowest BCUT2D eigenvalue weighted by Gasteiger charge is -2.06. The average molecular weight is 366 g/mol. The molecule has 0 bridgehead atoms. The van der Waals surface area contributed by atoms with Crippen LogP contribution >= 0.6 is 0 Å². The highest BCUT2D eigenvalue weighted by atomic mass is 19.1. The van der Waals surface area contributed by atoms with Crippen LogP contribution in [0.4, 0.5) is 8.78 Å². The minimum Gasteiger partial charge on any atom is -0.495 e. The fraction of sp³-hybridized carbons (Fsp3) is 0.150. The van der Waals surface area contributed by atoms with Crippen LogP contribution in [-0.4, -0.2) is 27.0 Å². The highest BCUT2D eigenvalue weighted by Gasteiger charge is 2.12. The van der Waals surface area contributed by atoms with Crippen molar-refractivity contribution in [2.24, 2.45) is 0 Å². The van der Waals surface area contributed by atoms with Crippen LogP contribution < -0.4 is 4.74 Å². The summed E-state index contributed by atoms with van der Waals surface area (Å²) in [6, 6.07) is 6.69. The molecule has 136 valence electrons. The highest BCUT2D eigenvalue weighted by molar-refractivity contribution is 5.81. The van der Waals surface area contributed by atoms with E-state index < -0.39 is 11.8 Å². The van der Waals surface area contributed by atoms with Crippen molar-refractivity contribution in [3.05, 3.63) is 83.2 Å². The first-order chi connectivity index (χ1) is 13.1. The van der Waals surface area contributed by atoms with Crippen LogP contribution in [0, 0.1) is 11.8 Å². The van der Waals surface area contributed by atoms with Gasteiger partial charge in [0.2, 0.25) is 5.95 Å². The molecule has 0 atom stereocenters. The van der Waals surface area contributed by atoms with Crippen LogP contribution in [0.3, 0.4) is 0 Å². The number of nitrogens with zero attached hydrogens (tertiary/aromatic N) is 3. The summed E-state index contributed by atoms with van der Waals surface area (Å²) in [5.74, 6) is -0.323. The second kappa shape index (κ2) is 7.11. The van der Waals surface area contributed by atoms with Crippen molar-refractivity contribution >= 4 is 11.0 Å². The second-order valence-corrected chi connectivity index (χ2v) is 6.20. The van der Waals surface area contributed by atoms with Crippen molar-refractivity contribution in [3.8, 4) is 5.75 Å². The molecule has 0 aromatic carbocycles. The molecular formula is C20H16F2N4O. The molecule has 0 aliphatic heterocycles. The largest absolute Gasteiger partial charge is 0.495 e.